The van der Waals surface area contributed by atoms with Crippen molar-refractivity contribution in [1.82, 2.24) is 4.98 Å². The van der Waals surface area contributed by atoms with Gasteiger partial charge >= 0.3 is 0 Å². The van der Waals surface area contributed by atoms with Crippen LogP contribution in [0.5, 0.6) is 5.75 Å². The number of methoxy groups -OCH3 is 1. The fourth-order valence-electron chi connectivity index (χ4n) is 3.48. The summed E-state index contributed by atoms with van der Waals surface area (Å²) in [7, 11) is 1.70. The van der Waals surface area contributed by atoms with Crippen LogP contribution in [0.4, 0.5) is 5.69 Å². The number of anilines is 1. The predicted molar refractivity (Wildman–Crippen MR) is 80.4 cm³/mol. The molecule has 3 heterocycles. The van der Waals surface area contributed by atoms with Crippen LogP contribution < -0.4 is 10.1 Å². The topological polar surface area (TPSA) is 43.4 Å². The molecule has 4 nitrogen and oxygen atoms in total. The van der Waals surface area contributed by atoms with Crippen LogP contribution in [-0.4, -0.2) is 18.7 Å². The molecule has 1 N–H and O–H groups in total. The minimum atomic E-state index is 0.148. The lowest BCUT2D eigenvalue weighted by Crippen LogP contribution is -2.29. The second kappa shape index (κ2) is 5.04. The molecule has 0 bridgehead atoms. The molecular weight excluding hydrogens is 264 g/mol. The standard InChI is InChI=1S/C17H18N2O2/c1-20-12-2-3-15-14(10-12)17-13(6-9-21-17)16(19-15)11-4-7-18-8-5-11/h2-5,7-8,10,13,16-17,19H,6,9H2,1H3/t13-,16+,17-/m1/s1. The summed E-state index contributed by atoms with van der Waals surface area (Å²) in [6.45, 7) is 0.815. The Labute approximate surface area is 124 Å². The van der Waals surface area contributed by atoms with Gasteiger partial charge in [-0.1, -0.05) is 0 Å². The van der Waals surface area contributed by atoms with E-state index in [-0.39, 0.29) is 12.1 Å². The van der Waals surface area contributed by atoms with Crippen LogP contribution in [0.2, 0.25) is 0 Å². The molecule has 1 aromatic heterocycles. The lowest BCUT2D eigenvalue weighted by Gasteiger charge is -2.36. The molecule has 4 heteroatoms. The SMILES string of the molecule is COc1ccc2c(c1)[C@@H]1OCC[C@@H]1[C@H](c1ccncc1)N2. The van der Waals surface area contributed by atoms with E-state index in [0.29, 0.717) is 5.92 Å². The van der Waals surface area contributed by atoms with Crippen molar-refractivity contribution in [2.24, 2.45) is 5.92 Å². The molecule has 0 unspecified atom stereocenters. The minimum Gasteiger partial charge on any atom is -0.497 e. The Morgan fingerprint density at radius 3 is 2.90 bits per heavy atom. The molecule has 3 atom stereocenters. The van der Waals surface area contributed by atoms with Crippen molar-refractivity contribution >= 4 is 5.69 Å². The quantitative estimate of drug-likeness (QED) is 0.917. The first kappa shape index (κ1) is 12.7. The summed E-state index contributed by atoms with van der Waals surface area (Å²) in [5.74, 6) is 1.33. The molecule has 2 aliphatic rings. The summed E-state index contributed by atoms with van der Waals surface area (Å²) in [5, 5.41) is 3.67. The third-order valence-corrected chi connectivity index (χ3v) is 4.51. The monoisotopic (exact) mass is 282 g/mol. The van der Waals surface area contributed by atoms with Crippen LogP contribution in [0, 0.1) is 5.92 Å². The normalized spacial score (nSPS) is 26.6. The molecule has 1 saturated heterocycles. The van der Waals surface area contributed by atoms with E-state index >= 15 is 0 Å². The van der Waals surface area contributed by atoms with Crippen LogP contribution in [0.3, 0.4) is 0 Å². The molecule has 0 aliphatic carbocycles. The molecule has 21 heavy (non-hydrogen) atoms. The zero-order valence-corrected chi connectivity index (χ0v) is 12.0. The van der Waals surface area contributed by atoms with Crippen molar-refractivity contribution in [3.05, 3.63) is 53.9 Å². The molecule has 1 fully saturated rings. The van der Waals surface area contributed by atoms with Gasteiger partial charge in [0, 0.05) is 36.2 Å². The first-order chi connectivity index (χ1) is 10.4. The van der Waals surface area contributed by atoms with Crippen molar-refractivity contribution < 1.29 is 9.47 Å². The lowest BCUT2D eigenvalue weighted by molar-refractivity contribution is 0.0827. The van der Waals surface area contributed by atoms with Gasteiger partial charge in [0.15, 0.2) is 0 Å². The van der Waals surface area contributed by atoms with E-state index < -0.39 is 0 Å². The summed E-state index contributed by atoms with van der Waals surface area (Å²) in [6, 6.07) is 10.6. The number of nitrogens with zero attached hydrogens (tertiary/aromatic N) is 1. The van der Waals surface area contributed by atoms with Gasteiger partial charge < -0.3 is 14.8 Å². The lowest BCUT2D eigenvalue weighted by atomic mass is 9.81. The fraction of sp³-hybridized carbons (Fsp3) is 0.353. The Kier molecular flexibility index (Phi) is 3.04. The van der Waals surface area contributed by atoms with Gasteiger partial charge in [0.2, 0.25) is 0 Å². The molecule has 0 amide bonds. The minimum absolute atomic E-state index is 0.148. The molecule has 0 radical (unpaired) electrons. The first-order valence-electron chi connectivity index (χ1n) is 7.33. The van der Waals surface area contributed by atoms with Crippen LogP contribution in [0.1, 0.15) is 29.7 Å². The number of hydrogen-bond donors (Lipinski definition) is 1. The summed E-state index contributed by atoms with van der Waals surface area (Å²) in [6.07, 6.45) is 4.92. The van der Waals surface area contributed by atoms with Crippen molar-refractivity contribution in [3.8, 4) is 5.75 Å². The second-order valence-corrected chi connectivity index (χ2v) is 5.60. The fourth-order valence-corrected chi connectivity index (χ4v) is 3.48. The van der Waals surface area contributed by atoms with E-state index in [1.165, 1.54) is 11.1 Å². The molecule has 2 aliphatic heterocycles. The highest BCUT2D eigenvalue weighted by Crippen LogP contribution is 2.50. The van der Waals surface area contributed by atoms with Gasteiger partial charge in [0.1, 0.15) is 5.75 Å². The van der Waals surface area contributed by atoms with Crippen molar-refractivity contribution in [1.29, 1.82) is 0 Å². The van der Waals surface area contributed by atoms with Crippen molar-refractivity contribution in [3.63, 3.8) is 0 Å². The summed E-state index contributed by atoms with van der Waals surface area (Å²) in [4.78, 5) is 4.12. The highest BCUT2D eigenvalue weighted by Gasteiger charge is 2.41. The van der Waals surface area contributed by atoms with Gasteiger partial charge in [-0.25, -0.2) is 0 Å². The average Bonchev–Trinajstić information content (AvgIpc) is 3.04. The summed E-state index contributed by atoms with van der Waals surface area (Å²) in [5.41, 5.74) is 3.62. The molecule has 1 aromatic carbocycles. The van der Waals surface area contributed by atoms with E-state index in [9.17, 15) is 0 Å². The van der Waals surface area contributed by atoms with Gasteiger partial charge in [-0.2, -0.15) is 0 Å². The molecule has 0 spiro atoms. The molecule has 0 saturated carbocycles. The van der Waals surface area contributed by atoms with Gasteiger partial charge in [0.25, 0.3) is 0 Å². The number of ether oxygens (including phenoxy) is 2. The maximum atomic E-state index is 6.02. The van der Waals surface area contributed by atoms with Crippen molar-refractivity contribution in [2.45, 2.75) is 18.6 Å². The molecule has 4 rings (SSSR count). The Balaban J connectivity index is 1.77. The smallest absolute Gasteiger partial charge is 0.119 e. The van der Waals surface area contributed by atoms with Gasteiger partial charge in [0.05, 0.1) is 19.3 Å². The molecular formula is C17H18N2O2. The Bertz CT molecular complexity index is 644. The van der Waals surface area contributed by atoms with Gasteiger partial charge in [-0.15, -0.1) is 0 Å². The van der Waals surface area contributed by atoms with Crippen LogP contribution in [0.25, 0.3) is 0 Å². The number of nitrogens with one attached hydrogen (secondary N) is 1. The number of hydrogen-bond acceptors (Lipinski definition) is 4. The Morgan fingerprint density at radius 1 is 1.24 bits per heavy atom. The van der Waals surface area contributed by atoms with Gasteiger partial charge in [-0.3, -0.25) is 4.98 Å². The maximum absolute atomic E-state index is 6.02. The number of fused-ring (bicyclic) bond motifs is 3. The summed E-state index contributed by atoms with van der Waals surface area (Å²) >= 11 is 0. The maximum Gasteiger partial charge on any atom is 0.119 e. The average molecular weight is 282 g/mol. The van der Waals surface area contributed by atoms with Crippen molar-refractivity contribution in [2.75, 3.05) is 19.0 Å². The number of pyridine rings is 1. The van der Waals surface area contributed by atoms with Gasteiger partial charge in [-0.05, 0) is 42.3 Å². The van der Waals surface area contributed by atoms with Crippen LogP contribution in [-0.2, 0) is 4.74 Å². The van der Waals surface area contributed by atoms with E-state index in [2.05, 4.69) is 34.6 Å². The first-order valence-corrected chi connectivity index (χ1v) is 7.33. The van der Waals surface area contributed by atoms with Crippen LogP contribution in [0.15, 0.2) is 42.7 Å². The molecule has 108 valence electrons. The second-order valence-electron chi connectivity index (χ2n) is 5.60. The Morgan fingerprint density at radius 2 is 2.10 bits per heavy atom. The third-order valence-electron chi connectivity index (χ3n) is 4.51. The van der Waals surface area contributed by atoms with E-state index in [1.54, 1.807) is 7.11 Å². The van der Waals surface area contributed by atoms with E-state index in [4.69, 9.17) is 9.47 Å². The van der Waals surface area contributed by atoms with E-state index in [1.807, 2.05) is 18.5 Å². The predicted octanol–water partition coefficient (Wildman–Crippen LogP) is 3.33. The van der Waals surface area contributed by atoms with Crippen LogP contribution >= 0.6 is 0 Å². The Hall–Kier alpha value is -2.07. The number of aromatic nitrogens is 1. The largest absolute Gasteiger partial charge is 0.497 e. The van der Waals surface area contributed by atoms with E-state index in [0.717, 1.165) is 24.5 Å². The highest BCUT2D eigenvalue weighted by atomic mass is 16.5. The number of benzene rings is 1. The molecule has 2 aromatic rings. The number of rotatable bonds is 2. The third kappa shape index (κ3) is 2.07. The zero-order chi connectivity index (χ0) is 14.2. The summed E-state index contributed by atoms with van der Waals surface area (Å²) < 4.78 is 11.4. The zero-order valence-electron chi connectivity index (χ0n) is 12.0. The highest BCUT2D eigenvalue weighted by molar-refractivity contribution is 5.59.